The van der Waals surface area contributed by atoms with Crippen LogP contribution in [0.25, 0.3) is 6.08 Å². The number of benzene rings is 1. The fourth-order valence-corrected chi connectivity index (χ4v) is 1.73. The molecule has 1 rings (SSSR count). The summed E-state index contributed by atoms with van der Waals surface area (Å²) in [4.78, 5) is 11.6. The SMILES string of the molecule is COCCC(C)(O)CNC(=O)/C=C/c1cccc(Cl)c1. The van der Waals surface area contributed by atoms with Crippen LogP contribution in [0.1, 0.15) is 18.9 Å². The number of hydrogen-bond donors (Lipinski definition) is 2. The van der Waals surface area contributed by atoms with Gasteiger partial charge in [0.15, 0.2) is 0 Å². The van der Waals surface area contributed by atoms with E-state index in [9.17, 15) is 9.90 Å². The second-order valence-electron chi connectivity index (χ2n) is 4.85. The van der Waals surface area contributed by atoms with Gasteiger partial charge in [0.1, 0.15) is 0 Å². The van der Waals surface area contributed by atoms with E-state index < -0.39 is 5.60 Å². The Labute approximate surface area is 124 Å². The second-order valence-corrected chi connectivity index (χ2v) is 5.28. The zero-order valence-electron chi connectivity index (χ0n) is 11.7. The third-order valence-corrected chi connectivity index (χ3v) is 3.00. The maximum atomic E-state index is 11.6. The lowest BCUT2D eigenvalue weighted by Gasteiger charge is -2.22. The Kier molecular flexibility index (Phi) is 6.71. The van der Waals surface area contributed by atoms with Crippen molar-refractivity contribution in [3.8, 4) is 0 Å². The predicted octanol–water partition coefficient (Wildman–Crippen LogP) is 2.26. The number of amides is 1. The highest BCUT2D eigenvalue weighted by atomic mass is 35.5. The van der Waals surface area contributed by atoms with Crippen molar-refractivity contribution in [1.82, 2.24) is 5.32 Å². The summed E-state index contributed by atoms with van der Waals surface area (Å²) in [6.07, 6.45) is 3.55. The van der Waals surface area contributed by atoms with Gasteiger partial charge in [0.2, 0.25) is 5.91 Å². The molecule has 0 aliphatic rings. The van der Waals surface area contributed by atoms with E-state index >= 15 is 0 Å². The summed E-state index contributed by atoms with van der Waals surface area (Å²) in [6, 6.07) is 7.20. The lowest BCUT2D eigenvalue weighted by molar-refractivity contribution is -0.117. The van der Waals surface area contributed by atoms with Crippen molar-refractivity contribution in [3.05, 3.63) is 40.9 Å². The molecule has 4 nitrogen and oxygen atoms in total. The van der Waals surface area contributed by atoms with Gasteiger partial charge >= 0.3 is 0 Å². The Morgan fingerprint density at radius 3 is 2.95 bits per heavy atom. The molecule has 1 unspecified atom stereocenters. The number of hydrogen-bond acceptors (Lipinski definition) is 3. The first-order chi connectivity index (χ1) is 9.43. The van der Waals surface area contributed by atoms with Crippen molar-refractivity contribution >= 4 is 23.6 Å². The molecule has 1 atom stereocenters. The van der Waals surface area contributed by atoms with Gasteiger partial charge in [0, 0.05) is 37.8 Å². The average Bonchev–Trinajstić information content (AvgIpc) is 2.41. The molecule has 0 aliphatic carbocycles. The average molecular weight is 298 g/mol. The Bertz CT molecular complexity index is 472. The highest BCUT2D eigenvalue weighted by molar-refractivity contribution is 6.30. The van der Waals surface area contributed by atoms with Crippen molar-refractivity contribution < 1.29 is 14.6 Å². The molecule has 110 valence electrons. The van der Waals surface area contributed by atoms with Crippen LogP contribution in [-0.2, 0) is 9.53 Å². The quantitative estimate of drug-likeness (QED) is 0.759. The van der Waals surface area contributed by atoms with Gasteiger partial charge in [-0.2, -0.15) is 0 Å². The van der Waals surface area contributed by atoms with E-state index in [0.29, 0.717) is 18.1 Å². The highest BCUT2D eigenvalue weighted by Crippen LogP contribution is 2.12. The summed E-state index contributed by atoms with van der Waals surface area (Å²) in [5.41, 5.74) is -0.131. The van der Waals surface area contributed by atoms with Crippen molar-refractivity contribution in [3.63, 3.8) is 0 Å². The van der Waals surface area contributed by atoms with Crippen molar-refractivity contribution in [2.45, 2.75) is 18.9 Å². The Balaban J connectivity index is 2.44. The minimum Gasteiger partial charge on any atom is -0.388 e. The number of ether oxygens (including phenoxy) is 1. The molecule has 0 bridgehead atoms. The third kappa shape index (κ3) is 6.70. The molecule has 1 aromatic carbocycles. The minimum atomic E-state index is -0.977. The Morgan fingerprint density at radius 1 is 1.55 bits per heavy atom. The van der Waals surface area contributed by atoms with E-state index in [1.807, 2.05) is 12.1 Å². The highest BCUT2D eigenvalue weighted by Gasteiger charge is 2.20. The molecule has 0 aliphatic heterocycles. The summed E-state index contributed by atoms with van der Waals surface area (Å²) >= 11 is 5.85. The van der Waals surface area contributed by atoms with Crippen LogP contribution in [-0.4, -0.2) is 36.9 Å². The number of halogens is 1. The van der Waals surface area contributed by atoms with Crippen molar-refractivity contribution in [1.29, 1.82) is 0 Å². The summed E-state index contributed by atoms with van der Waals surface area (Å²) in [7, 11) is 1.57. The Morgan fingerprint density at radius 2 is 2.30 bits per heavy atom. The number of methoxy groups -OCH3 is 1. The minimum absolute atomic E-state index is 0.176. The number of carbonyl (C=O) groups is 1. The molecule has 20 heavy (non-hydrogen) atoms. The summed E-state index contributed by atoms with van der Waals surface area (Å²) in [6.45, 7) is 2.28. The van der Waals surface area contributed by atoms with E-state index in [4.69, 9.17) is 16.3 Å². The van der Waals surface area contributed by atoms with Crippen molar-refractivity contribution in [2.24, 2.45) is 0 Å². The maximum Gasteiger partial charge on any atom is 0.244 e. The van der Waals surface area contributed by atoms with E-state index in [1.54, 1.807) is 32.2 Å². The largest absolute Gasteiger partial charge is 0.388 e. The van der Waals surface area contributed by atoms with Gasteiger partial charge in [-0.05, 0) is 30.7 Å². The van der Waals surface area contributed by atoms with E-state index in [1.165, 1.54) is 6.08 Å². The zero-order valence-corrected chi connectivity index (χ0v) is 12.5. The molecule has 0 heterocycles. The summed E-state index contributed by atoms with van der Waals surface area (Å²) in [5, 5.41) is 13.3. The van der Waals surface area contributed by atoms with Crippen LogP contribution in [0.15, 0.2) is 30.3 Å². The molecule has 0 saturated carbocycles. The van der Waals surface area contributed by atoms with Gasteiger partial charge in [0.05, 0.1) is 5.60 Å². The third-order valence-electron chi connectivity index (χ3n) is 2.76. The number of nitrogens with one attached hydrogen (secondary N) is 1. The predicted molar refractivity (Wildman–Crippen MR) is 80.6 cm³/mol. The first kappa shape index (κ1) is 16.7. The van der Waals surface area contributed by atoms with Gasteiger partial charge in [-0.15, -0.1) is 0 Å². The Hall–Kier alpha value is -1.36. The topological polar surface area (TPSA) is 58.6 Å². The molecule has 1 amide bonds. The number of carbonyl (C=O) groups excluding carboxylic acids is 1. The molecule has 0 radical (unpaired) electrons. The molecular formula is C15H20ClNO3. The van der Waals surface area contributed by atoms with Crippen LogP contribution in [0, 0.1) is 0 Å². The fraction of sp³-hybridized carbons (Fsp3) is 0.400. The van der Waals surface area contributed by atoms with Crippen LogP contribution in [0.5, 0.6) is 0 Å². The molecule has 0 fully saturated rings. The van der Waals surface area contributed by atoms with E-state index in [0.717, 1.165) is 5.56 Å². The van der Waals surface area contributed by atoms with Crippen molar-refractivity contribution in [2.75, 3.05) is 20.3 Å². The van der Waals surface area contributed by atoms with Crippen LogP contribution in [0.3, 0.4) is 0 Å². The first-order valence-corrected chi connectivity index (χ1v) is 6.73. The fourth-order valence-electron chi connectivity index (χ4n) is 1.53. The van der Waals surface area contributed by atoms with Gasteiger partial charge in [-0.25, -0.2) is 0 Å². The number of aliphatic hydroxyl groups is 1. The first-order valence-electron chi connectivity index (χ1n) is 6.36. The molecule has 2 N–H and O–H groups in total. The van der Waals surface area contributed by atoms with Gasteiger partial charge < -0.3 is 15.2 Å². The van der Waals surface area contributed by atoms with Gasteiger partial charge in [-0.1, -0.05) is 23.7 Å². The van der Waals surface area contributed by atoms with Crippen LogP contribution < -0.4 is 5.32 Å². The molecule has 0 spiro atoms. The van der Waals surface area contributed by atoms with Crippen LogP contribution in [0.4, 0.5) is 0 Å². The molecule has 1 aromatic rings. The molecular weight excluding hydrogens is 278 g/mol. The monoisotopic (exact) mass is 297 g/mol. The van der Waals surface area contributed by atoms with Crippen LogP contribution in [0.2, 0.25) is 5.02 Å². The molecule has 0 aromatic heterocycles. The summed E-state index contributed by atoms with van der Waals surface area (Å²) < 4.78 is 4.90. The van der Waals surface area contributed by atoms with E-state index in [2.05, 4.69) is 5.32 Å². The molecule has 5 heteroatoms. The standard InChI is InChI=1S/C15H20ClNO3/c1-15(19,8-9-20-2)11-17-14(18)7-6-12-4-3-5-13(16)10-12/h3-7,10,19H,8-9,11H2,1-2H3,(H,17,18)/b7-6+. The second kappa shape index (κ2) is 8.04. The smallest absolute Gasteiger partial charge is 0.244 e. The van der Waals surface area contributed by atoms with E-state index in [-0.39, 0.29) is 12.5 Å². The van der Waals surface area contributed by atoms with Gasteiger partial charge in [0.25, 0.3) is 0 Å². The lowest BCUT2D eigenvalue weighted by atomic mass is 10.0. The zero-order chi connectivity index (χ0) is 15.0. The maximum absolute atomic E-state index is 11.6. The lowest BCUT2D eigenvalue weighted by Crippen LogP contribution is -2.40. The molecule has 0 saturated heterocycles. The van der Waals surface area contributed by atoms with Crippen LogP contribution >= 0.6 is 11.6 Å². The normalized spacial score (nSPS) is 14.2. The summed E-state index contributed by atoms with van der Waals surface area (Å²) in [5.74, 6) is -0.261. The number of rotatable bonds is 7. The van der Waals surface area contributed by atoms with Gasteiger partial charge in [-0.3, -0.25) is 4.79 Å².